The van der Waals surface area contributed by atoms with Crippen LogP contribution in [0.3, 0.4) is 0 Å². The highest BCUT2D eigenvalue weighted by Crippen LogP contribution is 2.40. The van der Waals surface area contributed by atoms with Gasteiger partial charge in [0.2, 0.25) is 0 Å². The molecule has 1 aromatic rings. The first kappa shape index (κ1) is 12.2. The molecule has 1 heteroatoms. The van der Waals surface area contributed by atoms with Crippen LogP contribution in [0.1, 0.15) is 74.5 Å². The summed E-state index contributed by atoms with van der Waals surface area (Å²) in [6, 6.07) is 9.19. The van der Waals surface area contributed by atoms with E-state index in [0.717, 1.165) is 11.8 Å². The fourth-order valence-electron chi connectivity index (χ4n) is 3.67. The van der Waals surface area contributed by atoms with E-state index >= 15 is 0 Å². The van der Waals surface area contributed by atoms with Gasteiger partial charge in [0.05, 0.1) is 0 Å². The summed E-state index contributed by atoms with van der Waals surface area (Å²) in [6.45, 7) is 0. The van der Waals surface area contributed by atoms with Gasteiger partial charge in [-0.15, -0.1) is 0 Å². The molecule has 0 saturated heterocycles. The number of hydrogen-bond acceptors (Lipinski definition) is 1. The SMILES string of the molecule is NC(CC1CCCC1)c1ccccc1C1CCC1. The molecule has 1 aromatic carbocycles. The van der Waals surface area contributed by atoms with Crippen molar-refractivity contribution in [2.24, 2.45) is 11.7 Å². The molecule has 2 aliphatic carbocycles. The van der Waals surface area contributed by atoms with Crippen LogP contribution in [0.5, 0.6) is 0 Å². The van der Waals surface area contributed by atoms with Crippen molar-refractivity contribution < 1.29 is 0 Å². The molecule has 1 unspecified atom stereocenters. The molecule has 3 rings (SSSR count). The highest BCUT2D eigenvalue weighted by atomic mass is 14.6. The number of nitrogens with two attached hydrogens (primary N) is 1. The Morgan fingerprint density at radius 2 is 1.72 bits per heavy atom. The zero-order chi connectivity index (χ0) is 12.4. The second-order valence-corrected chi connectivity index (χ2v) is 6.25. The first-order valence-electron chi connectivity index (χ1n) is 7.69. The maximum Gasteiger partial charge on any atom is 0.0300 e. The van der Waals surface area contributed by atoms with E-state index in [4.69, 9.17) is 5.73 Å². The van der Waals surface area contributed by atoms with Crippen LogP contribution in [-0.4, -0.2) is 0 Å². The number of benzene rings is 1. The summed E-state index contributed by atoms with van der Waals surface area (Å²) in [7, 11) is 0. The molecule has 1 nitrogen and oxygen atoms in total. The molecule has 0 aromatic heterocycles. The summed E-state index contributed by atoms with van der Waals surface area (Å²) >= 11 is 0. The van der Waals surface area contributed by atoms with Crippen molar-refractivity contribution in [1.82, 2.24) is 0 Å². The Bertz CT molecular complexity index is 388. The van der Waals surface area contributed by atoms with Crippen molar-refractivity contribution in [3.05, 3.63) is 35.4 Å². The summed E-state index contributed by atoms with van der Waals surface area (Å²) < 4.78 is 0. The first-order chi connectivity index (χ1) is 8.84. The standard InChI is InChI=1S/C17H25N/c18-17(12-13-6-1-2-7-13)16-11-4-3-10-15(16)14-8-5-9-14/h3-4,10-11,13-14,17H,1-2,5-9,12,18H2. The Kier molecular flexibility index (Phi) is 3.69. The Balaban J connectivity index is 1.73. The lowest BCUT2D eigenvalue weighted by molar-refractivity contribution is 0.406. The average molecular weight is 243 g/mol. The van der Waals surface area contributed by atoms with Gasteiger partial charge >= 0.3 is 0 Å². The lowest BCUT2D eigenvalue weighted by atomic mass is 9.76. The van der Waals surface area contributed by atoms with Gasteiger partial charge in [0.1, 0.15) is 0 Å². The van der Waals surface area contributed by atoms with E-state index < -0.39 is 0 Å². The lowest BCUT2D eigenvalue weighted by Gasteiger charge is -2.30. The average Bonchev–Trinajstić information content (AvgIpc) is 2.80. The quantitative estimate of drug-likeness (QED) is 0.825. The van der Waals surface area contributed by atoms with Gasteiger partial charge in [-0.1, -0.05) is 56.4 Å². The van der Waals surface area contributed by atoms with Gasteiger partial charge in [0, 0.05) is 6.04 Å². The van der Waals surface area contributed by atoms with Crippen LogP contribution in [0.4, 0.5) is 0 Å². The molecule has 2 aliphatic rings. The molecule has 1 atom stereocenters. The normalized spacial score (nSPS) is 22.9. The lowest BCUT2D eigenvalue weighted by Crippen LogP contribution is -2.19. The van der Waals surface area contributed by atoms with Gasteiger partial charge in [-0.2, -0.15) is 0 Å². The van der Waals surface area contributed by atoms with E-state index in [9.17, 15) is 0 Å². The van der Waals surface area contributed by atoms with Crippen LogP contribution in [0.2, 0.25) is 0 Å². The molecular weight excluding hydrogens is 218 g/mol. The maximum atomic E-state index is 6.49. The monoisotopic (exact) mass is 243 g/mol. The zero-order valence-corrected chi connectivity index (χ0v) is 11.3. The van der Waals surface area contributed by atoms with Crippen LogP contribution in [0.15, 0.2) is 24.3 Å². The van der Waals surface area contributed by atoms with Crippen molar-refractivity contribution in [2.75, 3.05) is 0 Å². The Morgan fingerprint density at radius 3 is 2.39 bits per heavy atom. The molecule has 0 amide bonds. The molecule has 2 fully saturated rings. The molecular formula is C17H25N. The summed E-state index contributed by atoms with van der Waals surface area (Å²) in [5.41, 5.74) is 9.48. The molecule has 2 N–H and O–H groups in total. The fraction of sp³-hybridized carbons (Fsp3) is 0.647. The molecule has 0 radical (unpaired) electrons. The van der Waals surface area contributed by atoms with E-state index in [0.29, 0.717) is 0 Å². The van der Waals surface area contributed by atoms with Crippen LogP contribution < -0.4 is 5.73 Å². The smallest absolute Gasteiger partial charge is 0.0300 e. The predicted molar refractivity (Wildman–Crippen MR) is 76.5 cm³/mol. The molecule has 0 heterocycles. The fourth-order valence-corrected chi connectivity index (χ4v) is 3.67. The van der Waals surface area contributed by atoms with Crippen molar-refractivity contribution in [2.45, 2.75) is 63.3 Å². The topological polar surface area (TPSA) is 26.0 Å². The summed E-state index contributed by atoms with van der Waals surface area (Å²) in [4.78, 5) is 0. The third-order valence-electron chi connectivity index (χ3n) is 5.00. The minimum absolute atomic E-state index is 0.268. The van der Waals surface area contributed by atoms with E-state index in [2.05, 4.69) is 24.3 Å². The third kappa shape index (κ3) is 2.47. The van der Waals surface area contributed by atoms with E-state index in [1.54, 1.807) is 5.56 Å². The second-order valence-electron chi connectivity index (χ2n) is 6.25. The molecule has 0 spiro atoms. The van der Waals surface area contributed by atoms with Crippen LogP contribution >= 0.6 is 0 Å². The summed E-state index contributed by atoms with van der Waals surface area (Å²) in [5.74, 6) is 1.69. The Labute approximate surface area is 111 Å². The molecule has 18 heavy (non-hydrogen) atoms. The summed E-state index contributed by atoms with van der Waals surface area (Å²) in [6.07, 6.45) is 11.0. The molecule has 2 saturated carbocycles. The zero-order valence-electron chi connectivity index (χ0n) is 11.3. The summed E-state index contributed by atoms with van der Waals surface area (Å²) in [5, 5.41) is 0. The largest absolute Gasteiger partial charge is 0.324 e. The van der Waals surface area contributed by atoms with Crippen molar-refractivity contribution in [3.63, 3.8) is 0 Å². The van der Waals surface area contributed by atoms with Crippen molar-refractivity contribution in [3.8, 4) is 0 Å². The van der Waals surface area contributed by atoms with Gasteiger partial charge in [0.15, 0.2) is 0 Å². The van der Waals surface area contributed by atoms with E-state index in [1.807, 2.05) is 0 Å². The minimum atomic E-state index is 0.268. The predicted octanol–water partition coefficient (Wildman–Crippen LogP) is 4.53. The van der Waals surface area contributed by atoms with Crippen molar-refractivity contribution in [1.29, 1.82) is 0 Å². The second kappa shape index (κ2) is 5.44. The minimum Gasteiger partial charge on any atom is -0.324 e. The Morgan fingerprint density at radius 1 is 1.00 bits per heavy atom. The molecule has 98 valence electrons. The van der Waals surface area contributed by atoms with Gasteiger partial charge in [0.25, 0.3) is 0 Å². The Hall–Kier alpha value is -0.820. The van der Waals surface area contributed by atoms with Gasteiger partial charge in [-0.05, 0) is 42.2 Å². The van der Waals surface area contributed by atoms with Gasteiger partial charge in [-0.3, -0.25) is 0 Å². The highest BCUT2D eigenvalue weighted by Gasteiger charge is 2.25. The van der Waals surface area contributed by atoms with Crippen LogP contribution in [0.25, 0.3) is 0 Å². The van der Waals surface area contributed by atoms with E-state index in [-0.39, 0.29) is 6.04 Å². The third-order valence-corrected chi connectivity index (χ3v) is 5.00. The molecule has 0 bridgehead atoms. The van der Waals surface area contributed by atoms with Gasteiger partial charge in [-0.25, -0.2) is 0 Å². The van der Waals surface area contributed by atoms with Gasteiger partial charge < -0.3 is 5.73 Å². The number of hydrogen-bond donors (Lipinski definition) is 1. The van der Waals surface area contributed by atoms with E-state index in [1.165, 1.54) is 56.9 Å². The van der Waals surface area contributed by atoms with Crippen molar-refractivity contribution >= 4 is 0 Å². The maximum absolute atomic E-state index is 6.49. The highest BCUT2D eigenvalue weighted by molar-refractivity contribution is 5.34. The van der Waals surface area contributed by atoms with Crippen LogP contribution in [-0.2, 0) is 0 Å². The molecule has 0 aliphatic heterocycles. The van der Waals surface area contributed by atoms with Crippen LogP contribution in [0, 0.1) is 5.92 Å². The number of rotatable bonds is 4. The first-order valence-corrected chi connectivity index (χ1v) is 7.69.